The van der Waals surface area contributed by atoms with Gasteiger partial charge in [-0.3, -0.25) is 4.79 Å². The summed E-state index contributed by atoms with van der Waals surface area (Å²) in [6.45, 7) is 0.413. The van der Waals surface area contributed by atoms with E-state index in [4.69, 9.17) is 21.1 Å². The van der Waals surface area contributed by atoms with Gasteiger partial charge in [0.05, 0.1) is 19.8 Å². The van der Waals surface area contributed by atoms with Crippen LogP contribution in [0.2, 0.25) is 5.02 Å². The first-order chi connectivity index (χ1) is 10.1. The van der Waals surface area contributed by atoms with Gasteiger partial charge in [-0.1, -0.05) is 23.7 Å². The molecule has 1 amide bonds. The van der Waals surface area contributed by atoms with E-state index in [2.05, 4.69) is 5.32 Å². The minimum Gasteiger partial charge on any atom is -0.497 e. The molecule has 0 saturated heterocycles. The van der Waals surface area contributed by atoms with Crippen molar-refractivity contribution in [1.82, 2.24) is 5.32 Å². The molecule has 2 aromatic rings. The average Bonchev–Trinajstić information content (AvgIpc) is 2.53. The molecule has 4 nitrogen and oxygen atoms in total. The van der Waals surface area contributed by atoms with Crippen molar-refractivity contribution >= 4 is 17.5 Å². The number of nitrogens with one attached hydrogen (secondary N) is 1. The van der Waals surface area contributed by atoms with Crippen LogP contribution in [-0.4, -0.2) is 20.1 Å². The molecule has 0 atom stereocenters. The second-order valence-corrected chi connectivity index (χ2v) is 4.81. The fraction of sp³-hybridized carbons (Fsp3) is 0.188. The van der Waals surface area contributed by atoms with Crippen LogP contribution in [0.3, 0.4) is 0 Å². The Bertz CT molecular complexity index is 626. The standard InChI is InChI=1S/C16H16ClNO3/c1-20-13-7-8-15(21-2)14(9-13)16(19)18-10-11-3-5-12(17)6-4-11/h3-9H,10H2,1-2H3,(H,18,19). The number of methoxy groups -OCH3 is 2. The van der Waals surface area contributed by atoms with Crippen LogP contribution < -0.4 is 14.8 Å². The van der Waals surface area contributed by atoms with Crippen LogP contribution >= 0.6 is 11.6 Å². The first-order valence-corrected chi connectivity index (χ1v) is 6.76. The number of carbonyl (C=O) groups excluding carboxylic acids is 1. The van der Waals surface area contributed by atoms with Crippen LogP contribution in [0.1, 0.15) is 15.9 Å². The Labute approximate surface area is 128 Å². The van der Waals surface area contributed by atoms with Crippen LogP contribution in [0.15, 0.2) is 42.5 Å². The topological polar surface area (TPSA) is 47.6 Å². The number of amides is 1. The molecule has 0 radical (unpaired) electrons. The number of hydrogen-bond acceptors (Lipinski definition) is 3. The van der Waals surface area contributed by atoms with Crippen LogP contribution in [0.4, 0.5) is 0 Å². The molecule has 1 N–H and O–H groups in total. The van der Waals surface area contributed by atoms with Crippen molar-refractivity contribution in [3.05, 3.63) is 58.6 Å². The summed E-state index contributed by atoms with van der Waals surface area (Å²) in [7, 11) is 3.08. The number of carbonyl (C=O) groups is 1. The molecule has 0 heterocycles. The Morgan fingerprint density at radius 2 is 1.81 bits per heavy atom. The van der Waals surface area contributed by atoms with Crippen LogP contribution in [0.25, 0.3) is 0 Å². The Kier molecular flexibility index (Phi) is 5.06. The van der Waals surface area contributed by atoms with E-state index in [1.54, 1.807) is 37.4 Å². The molecule has 2 aromatic carbocycles. The van der Waals surface area contributed by atoms with Gasteiger partial charge in [0.25, 0.3) is 5.91 Å². The van der Waals surface area contributed by atoms with Gasteiger partial charge in [-0.2, -0.15) is 0 Å². The molecule has 2 rings (SSSR count). The summed E-state index contributed by atoms with van der Waals surface area (Å²) >= 11 is 5.83. The van der Waals surface area contributed by atoms with E-state index in [1.807, 2.05) is 12.1 Å². The molecule has 0 unspecified atom stereocenters. The average molecular weight is 306 g/mol. The van der Waals surface area contributed by atoms with Crippen LogP contribution in [0.5, 0.6) is 11.5 Å². The highest BCUT2D eigenvalue weighted by Gasteiger charge is 2.13. The van der Waals surface area contributed by atoms with Gasteiger partial charge in [0.1, 0.15) is 11.5 Å². The third-order valence-electron chi connectivity index (χ3n) is 3.02. The van der Waals surface area contributed by atoms with Crippen molar-refractivity contribution in [1.29, 1.82) is 0 Å². The predicted octanol–water partition coefficient (Wildman–Crippen LogP) is 3.29. The monoisotopic (exact) mass is 305 g/mol. The molecule has 0 saturated carbocycles. The van der Waals surface area contributed by atoms with Crippen LogP contribution in [-0.2, 0) is 6.54 Å². The molecule has 110 valence electrons. The maximum Gasteiger partial charge on any atom is 0.255 e. The normalized spacial score (nSPS) is 10.0. The van der Waals surface area contributed by atoms with Crippen molar-refractivity contribution < 1.29 is 14.3 Å². The zero-order valence-corrected chi connectivity index (χ0v) is 12.6. The molecule has 21 heavy (non-hydrogen) atoms. The van der Waals surface area contributed by atoms with Gasteiger partial charge in [-0.05, 0) is 35.9 Å². The number of hydrogen-bond donors (Lipinski definition) is 1. The molecule has 0 aliphatic heterocycles. The predicted molar refractivity (Wildman–Crippen MR) is 82.2 cm³/mol. The second kappa shape index (κ2) is 6.99. The summed E-state index contributed by atoms with van der Waals surface area (Å²) in [5.74, 6) is 0.887. The van der Waals surface area contributed by atoms with Crippen molar-refractivity contribution in [2.24, 2.45) is 0 Å². The van der Waals surface area contributed by atoms with Gasteiger partial charge in [0.2, 0.25) is 0 Å². The third-order valence-corrected chi connectivity index (χ3v) is 3.27. The quantitative estimate of drug-likeness (QED) is 0.922. The van der Waals surface area contributed by atoms with Gasteiger partial charge >= 0.3 is 0 Å². The lowest BCUT2D eigenvalue weighted by Gasteiger charge is -2.11. The summed E-state index contributed by atoms with van der Waals surface area (Å²) in [6, 6.07) is 12.4. The van der Waals surface area contributed by atoms with E-state index in [0.29, 0.717) is 28.6 Å². The molecular formula is C16H16ClNO3. The van der Waals surface area contributed by atoms with E-state index < -0.39 is 0 Å². The highest BCUT2D eigenvalue weighted by Crippen LogP contribution is 2.23. The van der Waals surface area contributed by atoms with Crippen LogP contribution in [0, 0.1) is 0 Å². The van der Waals surface area contributed by atoms with E-state index in [-0.39, 0.29) is 5.91 Å². The summed E-state index contributed by atoms with van der Waals surface area (Å²) in [4.78, 5) is 12.3. The van der Waals surface area contributed by atoms with Gasteiger partial charge in [0, 0.05) is 11.6 Å². The SMILES string of the molecule is COc1ccc(OC)c(C(=O)NCc2ccc(Cl)cc2)c1. The fourth-order valence-corrected chi connectivity index (χ4v) is 2.00. The van der Waals surface area contributed by atoms with Gasteiger partial charge in [0.15, 0.2) is 0 Å². The van der Waals surface area contributed by atoms with Gasteiger partial charge in [-0.15, -0.1) is 0 Å². The molecule has 5 heteroatoms. The lowest BCUT2D eigenvalue weighted by Crippen LogP contribution is -2.23. The van der Waals surface area contributed by atoms with E-state index >= 15 is 0 Å². The number of halogens is 1. The number of benzene rings is 2. The Hall–Kier alpha value is -2.20. The van der Waals surface area contributed by atoms with Crippen molar-refractivity contribution in [2.75, 3.05) is 14.2 Å². The smallest absolute Gasteiger partial charge is 0.255 e. The lowest BCUT2D eigenvalue weighted by molar-refractivity contribution is 0.0947. The molecule has 0 aliphatic rings. The fourth-order valence-electron chi connectivity index (χ4n) is 1.87. The molecule has 0 aliphatic carbocycles. The van der Waals surface area contributed by atoms with Crippen molar-refractivity contribution in [3.63, 3.8) is 0 Å². The number of rotatable bonds is 5. The maximum atomic E-state index is 12.3. The summed E-state index contributed by atoms with van der Waals surface area (Å²) < 4.78 is 10.3. The van der Waals surface area contributed by atoms with Crippen molar-refractivity contribution in [2.45, 2.75) is 6.54 Å². The second-order valence-electron chi connectivity index (χ2n) is 4.38. The summed E-state index contributed by atoms with van der Waals surface area (Å²) in [5.41, 5.74) is 1.40. The Morgan fingerprint density at radius 3 is 2.43 bits per heavy atom. The molecule has 0 spiro atoms. The highest BCUT2D eigenvalue weighted by atomic mass is 35.5. The molecule has 0 fully saturated rings. The first kappa shape index (κ1) is 15.2. The zero-order valence-electron chi connectivity index (χ0n) is 11.9. The molecule has 0 aromatic heterocycles. The summed E-state index contributed by atoms with van der Waals surface area (Å²) in [5, 5.41) is 3.51. The van der Waals surface area contributed by atoms with E-state index in [1.165, 1.54) is 7.11 Å². The largest absolute Gasteiger partial charge is 0.497 e. The van der Waals surface area contributed by atoms with Gasteiger partial charge < -0.3 is 14.8 Å². The Morgan fingerprint density at radius 1 is 1.10 bits per heavy atom. The third kappa shape index (κ3) is 3.89. The van der Waals surface area contributed by atoms with Gasteiger partial charge in [-0.25, -0.2) is 0 Å². The number of ether oxygens (including phenoxy) is 2. The minimum atomic E-state index is -0.222. The molecule has 0 bridgehead atoms. The lowest BCUT2D eigenvalue weighted by atomic mass is 10.1. The van der Waals surface area contributed by atoms with E-state index in [9.17, 15) is 4.79 Å². The Balaban J connectivity index is 2.10. The summed E-state index contributed by atoms with van der Waals surface area (Å²) in [6.07, 6.45) is 0. The first-order valence-electron chi connectivity index (χ1n) is 6.38. The van der Waals surface area contributed by atoms with Crippen molar-refractivity contribution in [3.8, 4) is 11.5 Å². The highest BCUT2D eigenvalue weighted by molar-refractivity contribution is 6.30. The molecular weight excluding hydrogens is 290 g/mol. The van der Waals surface area contributed by atoms with E-state index in [0.717, 1.165) is 5.56 Å². The zero-order chi connectivity index (χ0) is 15.2. The minimum absolute atomic E-state index is 0.222. The maximum absolute atomic E-state index is 12.3.